The fraction of sp³-hybridized carbons (Fsp3) is 1.00. The number of nitrogens with one attached hydrogen (secondary N) is 1. The molecule has 0 aromatic rings. The minimum Gasteiger partial charge on any atom is -0.379 e. The van der Waals surface area contributed by atoms with Crippen LogP contribution in [0.2, 0.25) is 0 Å². The van der Waals surface area contributed by atoms with Crippen LogP contribution in [0.4, 0.5) is 0 Å². The van der Waals surface area contributed by atoms with Crippen LogP contribution in [0.1, 0.15) is 52.4 Å². The summed E-state index contributed by atoms with van der Waals surface area (Å²) in [4.78, 5) is 2.75. The van der Waals surface area contributed by atoms with Gasteiger partial charge < -0.3 is 10.1 Å². The molecule has 2 fully saturated rings. The zero-order valence-electron chi connectivity index (χ0n) is 13.1. The summed E-state index contributed by atoms with van der Waals surface area (Å²) in [6.45, 7) is 8.82. The average Bonchev–Trinajstić information content (AvgIpc) is 2.91. The lowest BCUT2D eigenvalue weighted by Gasteiger charge is -2.50. The van der Waals surface area contributed by atoms with Crippen LogP contribution in [0.15, 0.2) is 0 Å². The van der Waals surface area contributed by atoms with Crippen LogP contribution in [0.5, 0.6) is 0 Å². The lowest BCUT2D eigenvalue weighted by atomic mass is 9.77. The van der Waals surface area contributed by atoms with E-state index in [1.54, 1.807) is 0 Å². The molecular weight excluding hydrogens is 236 g/mol. The molecule has 1 aliphatic heterocycles. The maximum Gasteiger partial charge on any atom is 0.0594 e. The van der Waals surface area contributed by atoms with Gasteiger partial charge in [-0.2, -0.15) is 0 Å². The molecule has 2 aliphatic rings. The molecular formula is C16H32N2O. The summed E-state index contributed by atoms with van der Waals surface area (Å²) >= 11 is 0. The lowest BCUT2D eigenvalue weighted by molar-refractivity contribution is -0.0429. The molecule has 112 valence electrons. The van der Waals surface area contributed by atoms with Gasteiger partial charge in [0.05, 0.1) is 13.2 Å². The first-order chi connectivity index (χ1) is 9.24. The predicted molar refractivity (Wildman–Crippen MR) is 80.5 cm³/mol. The van der Waals surface area contributed by atoms with Crippen LogP contribution < -0.4 is 5.32 Å². The topological polar surface area (TPSA) is 24.5 Å². The number of hydrogen-bond donors (Lipinski definition) is 1. The Hall–Kier alpha value is -0.120. The SMILES string of the molecule is CCCC(C)C(NC)C1(N2CCOCC2)CCCC1. The third kappa shape index (κ3) is 3.14. The van der Waals surface area contributed by atoms with E-state index in [1.165, 1.54) is 38.5 Å². The summed E-state index contributed by atoms with van der Waals surface area (Å²) < 4.78 is 5.56. The van der Waals surface area contributed by atoms with E-state index in [0.29, 0.717) is 11.6 Å². The first-order valence-corrected chi connectivity index (χ1v) is 8.24. The summed E-state index contributed by atoms with van der Waals surface area (Å²) in [5, 5.41) is 3.68. The highest BCUT2D eigenvalue weighted by atomic mass is 16.5. The van der Waals surface area contributed by atoms with Gasteiger partial charge >= 0.3 is 0 Å². The zero-order chi connectivity index (χ0) is 13.7. The van der Waals surface area contributed by atoms with Crippen molar-refractivity contribution < 1.29 is 4.74 Å². The summed E-state index contributed by atoms with van der Waals surface area (Å²) in [5.74, 6) is 0.760. The molecule has 0 spiro atoms. The van der Waals surface area contributed by atoms with Crippen LogP contribution in [0.25, 0.3) is 0 Å². The van der Waals surface area contributed by atoms with Gasteiger partial charge in [-0.25, -0.2) is 0 Å². The van der Waals surface area contributed by atoms with Crippen molar-refractivity contribution in [3.63, 3.8) is 0 Å². The van der Waals surface area contributed by atoms with Crippen molar-refractivity contribution in [2.45, 2.75) is 64.0 Å². The van der Waals surface area contributed by atoms with Crippen molar-refractivity contribution in [2.75, 3.05) is 33.4 Å². The van der Waals surface area contributed by atoms with Gasteiger partial charge in [0.15, 0.2) is 0 Å². The molecule has 3 heteroatoms. The first-order valence-electron chi connectivity index (χ1n) is 8.24. The molecule has 0 bridgehead atoms. The molecule has 0 amide bonds. The zero-order valence-corrected chi connectivity index (χ0v) is 13.1. The molecule has 19 heavy (non-hydrogen) atoms. The summed E-state index contributed by atoms with van der Waals surface area (Å²) in [5.41, 5.74) is 0.396. The average molecular weight is 268 g/mol. The largest absolute Gasteiger partial charge is 0.379 e. The molecule has 2 unspecified atom stereocenters. The van der Waals surface area contributed by atoms with E-state index < -0.39 is 0 Å². The second-order valence-corrected chi connectivity index (χ2v) is 6.44. The van der Waals surface area contributed by atoms with Crippen molar-refractivity contribution >= 4 is 0 Å². The van der Waals surface area contributed by atoms with E-state index in [1.807, 2.05) is 0 Å². The highest BCUT2D eigenvalue weighted by Crippen LogP contribution is 2.41. The van der Waals surface area contributed by atoms with Crippen LogP contribution in [0, 0.1) is 5.92 Å². The molecule has 2 rings (SSSR count). The number of ether oxygens (including phenoxy) is 1. The number of likely N-dealkylation sites (N-methyl/N-ethyl adjacent to an activating group) is 1. The van der Waals surface area contributed by atoms with Gasteiger partial charge in [0.1, 0.15) is 0 Å². The maximum absolute atomic E-state index is 5.56. The van der Waals surface area contributed by atoms with Crippen molar-refractivity contribution in [3.05, 3.63) is 0 Å². The van der Waals surface area contributed by atoms with Gasteiger partial charge in [0.25, 0.3) is 0 Å². The third-order valence-electron chi connectivity index (χ3n) is 5.31. The third-order valence-corrected chi connectivity index (χ3v) is 5.31. The number of nitrogens with zero attached hydrogens (tertiary/aromatic N) is 1. The van der Waals surface area contributed by atoms with Crippen molar-refractivity contribution in [1.29, 1.82) is 0 Å². The summed E-state index contributed by atoms with van der Waals surface area (Å²) in [6.07, 6.45) is 8.15. The fourth-order valence-corrected chi connectivity index (χ4v) is 4.52. The number of hydrogen-bond acceptors (Lipinski definition) is 3. The van der Waals surface area contributed by atoms with Crippen LogP contribution in [-0.4, -0.2) is 49.8 Å². The van der Waals surface area contributed by atoms with E-state index in [9.17, 15) is 0 Å². The van der Waals surface area contributed by atoms with Gasteiger partial charge in [0.2, 0.25) is 0 Å². The monoisotopic (exact) mass is 268 g/mol. The van der Waals surface area contributed by atoms with Crippen molar-refractivity contribution in [2.24, 2.45) is 5.92 Å². The van der Waals surface area contributed by atoms with E-state index in [-0.39, 0.29) is 0 Å². The van der Waals surface area contributed by atoms with Gasteiger partial charge in [0, 0.05) is 24.7 Å². The molecule has 3 nitrogen and oxygen atoms in total. The fourth-order valence-electron chi connectivity index (χ4n) is 4.52. The Kier molecular flexibility index (Phi) is 5.67. The molecule has 0 aromatic carbocycles. The molecule has 1 saturated heterocycles. The second kappa shape index (κ2) is 7.05. The standard InChI is InChI=1S/C16H32N2O/c1-4-7-14(2)15(17-3)16(8-5-6-9-16)18-10-12-19-13-11-18/h14-15,17H,4-13H2,1-3H3. The smallest absolute Gasteiger partial charge is 0.0594 e. The normalized spacial score (nSPS) is 27.3. The Morgan fingerprint density at radius 1 is 1.21 bits per heavy atom. The Morgan fingerprint density at radius 2 is 1.84 bits per heavy atom. The lowest BCUT2D eigenvalue weighted by Crippen LogP contribution is -2.63. The second-order valence-electron chi connectivity index (χ2n) is 6.44. The molecule has 1 heterocycles. The maximum atomic E-state index is 5.56. The Morgan fingerprint density at radius 3 is 2.37 bits per heavy atom. The van der Waals surface area contributed by atoms with E-state index >= 15 is 0 Å². The van der Waals surface area contributed by atoms with Crippen molar-refractivity contribution in [3.8, 4) is 0 Å². The van der Waals surface area contributed by atoms with E-state index in [2.05, 4.69) is 31.1 Å². The first kappa shape index (κ1) is 15.3. The molecule has 2 atom stereocenters. The van der Waals surface area contributed by atoms with Crippen LogP contribution >= 0.6 is 0 Å². The Bertz CT molecular complexity index is 257. The predicted octanol–water partition coefficient (Wildman–Crippen LogP) is 2.66. The van der Waals surface area contributed by atoms with E-state index in [4.69, 9.17) is 4.74 Å². The molecule has 0 radical (unpaired) electrons. The number of morpholine rings is 1. The Labute approximate surface area is 119 Å². The minimum absolute atomic E-state index is 0.396. The highest BCUT2D eigenvalue weighted by molar-refractivity contribution is 5.05. The molecule has 1 N–H and O–H groups in total. The van der Waals surface area contributed by atoms with Crippen molar-refractivity contribution in [1.82, 2.24) is 10.2 Å². The van der Waals surface area contributed by atoms with E-state index in [0.717, 1.165) is 32.2 Å². The number of rotatable bonds is 6. The van der Waals surface area contributed by atoms with Gasteiger partial charge in [-0.1, -0.05) is 33.1 Å². The Balaban J connectivity index is 2.15. The van der Waals surface area contributed by atoms with Gasteiger partial charge in [-0.3, -0.25) is 4.90 Å². The van der Waals surface area contributed by atoms with Gasteiger partial charge in [-0.15, -0.1) is 0 Å². The summed E-state index contributed by atoms with van der Waals surface area (Å²) in [6, 6.07) is 0.632. The minimum atomic E-state index is 0.396. The van der Waals surface area contributed by atoms with Crippen LogP contribution in [-0.2, 0) is 4.74 Å². The highest BCUT2D eigenvalue weighted by Gasteiger charge is 2.47. The van der Waals surface area contributed by atoms with Crippen LogP contribution in [0.3, 0.4) is 0 Å². The molecule has 0 aromatic heterocycles. The van der Waals surface area contributed by atoms with Gasteiger partial charge in [-0.05, 0) is 32.2 Å². The summed E-state index contributed by atoms with van der Waals surface area (Å²) in [7, 11) is 2.16. The quantitative estimate of drug-likeness (QED) is 0.801. The molecule has 1 aliphatic carbocycles. The molecule has 1 saturated carbocycles.